The third-order valence-corrected chi connectivity index (χ3v) is 1.30. The van der Waals surface area contributed by atoms with Crippen LogP contribution in [0.25, 0.3) is 0 Å². The zero-order chi connectivity index (χ0) is 7.66. The highest BCUT2D eigenvalue weighted by atomic mass is 13.9. The monoisotopic (exact) mass is 134 g/mol. The Morgan fingerprint density at radius 2 is 1.80 bits per heavy atom. The van der Waals surface area contributed by atoms with Gasteiger partial charge in [0.25, 0.3) is 0 Å². The van der Waals surface area contributed by atoms with E-state index in [1.165, 1.54) is 12.8 Å². The van der Waals surface area contributed by atoms with Crippen LogP contribution in [0.4, 0.5) is 0 Å². The molecule has 0 N–H and O–H groups in total. The van der Waals surface area contributed by atoms with Gasteiger partial charge in [-0.05, 0) is 19.8 Å². The number of hydrogen-bond donors (Lipinski definition) is 0. The molecule has 0 fully saturated rings. The van der Waals surface area contributed by atoms with Crippen molar-refractivity contribution in [2.24, 2.45) is 0 Å². The van der Waals surface area contributed by atoms with Crippen LogP contribution in [0.15, 0.2) is 0 Å². The summed E-state index contributed by atoms with van der Waals surface area (Å²) in [7, 11) is 0. The minimum atomic E-state index is 0.916. The van der Waals surface area contributed by atoms with Gasteiger partial charge in [-0.25, -0.2) is 0 Å². The average molecular weight is 134 g/mol. The summed E-state index contributed by atoms with van der Waals surface area (Å²) < 4.78 is 0. The van der Waals surface area contributed by atoms with Crippen molar-refractivity contribution in [2.45, 2.75) is 39.0 Å². The fourth-order valence-electron chi connectivity index (χ4n) is 0.742. The second-order valence-corrected chi connectivity index (χ2v) is 2.19. The van der Waals surface area contributed by atoms with Gasteiger partial charge in [-0.2, -0.15) is 0 Å². The molecule has 0 nitrogen and oxygen atoms in total. The number of rotatable bonds is 4. The molecule has 0 bridgehead atoms. The smallest absolute Gasteiger partial charge is 0.00885 e. The average Bonchev–Trinajstić information content (AvgIpc) is 1.97. The van der Waals surface area contributed by atoms with E-state index in [1.807, 2.05) is 6.92 Å². The van der Waals surface area contributed by atoms with Gasteiger partial charge in [0, 0.05) is 12.8 Å². The Morgan fingerprint density at radius 1 is 1.10 bits per heavy atom. The van der Waals surface area contributed by atoms with E-state index < -0.39 is 0 Å². The predicted molar refractivity (Wildman–Crippen MR) is 45.4 cm³/mol. The van der Waals surface area contributed by atoms with Crippen molar-refractivity contribution in [3.63, 3.8) is 0 Å². The summed E-state index contributed by atoms with van der Waals surface area (Å²) in [6.07, 6.45) is 10.6. The molecule has 0 radical (unpaired) electrons. The van der Waals surface area contributed by atoms with Crippen LogP contribution in [0.1, 0.15) is 39.0 Å². The second-order valence-electron chi connectivity index (χ2n) is 2.19. The Morgan fingerprint density at radius 3 is 2.40 bits per heavy atom. The highest BCUT2D eigenvalue weighted by Gasteiger charge is 1.83. The number of unbranched alkanes of at least 4 members (excludes halogenated alkanes) is 4. The van der Waals surface area contributed by atoms with E-state index in [4.69, 9.17) is 6.42 Å². The fraction of sp³-hybridized carbons (Fsp3) is 0.600. The standard InChI is InChI=1S/C10H14/c1-3-5-7-9-10-8-6-4-2/h1H,5,7-10H2,2H3. The normalized spacial score (nSPS) is 7.60. The van der Waals surface area contributed by atoms with Crippen LogP contribution in [-0.4, -0.2) is 0 Å². The number of hydrogen-bond acceptors (Lipinski definition) is 0. The lowest BCUT2D eigenvalue weighted by Gasteiger charge is -1.90. The van der Waals surface area contributed by atoms with Gasteiger partial charge in [-0.1, -0.05) is 6.42 Å². The van der Waals surface area contributed by atoms with E-state index in [-0.39, 0.29) is 0 Å². The van der Waals surface area contributed by atoms with E-state index in [1.54, 1.807) is 0 Å². The summed E-state index contributed by atoms with van der Waals surface area (Å²) in [4.78, 5) is 0. The molecule has 54 valence electrons. The molecule has 0 aromatic heterocycles. The summed E-state index contributed by atoms with van der Waals surface area (Å²) in [6.45, 7) is 1.88. The van der Waals surface area contributed by atoms with E-state index in [0.717, 1.165) is 19.3 Å². The zero-order valence-corrected chi connectivity index (χ0v) is 6.61. The quantitative estimate of drug-likeness (QED) is 0.409. The first-order chi connectivity index (χ1) is 4.91. The number of terminal acetylenes is 1. The van der Waals surface area contributed by atoms with Gasteiger partial charge in [0.2, 0.25) is 0 Å². The first-order valence-electron chi connectivity index (χ1n) is 3.75. The molecule has 10 heavy (non-hydrogen) atoms. The second kappa shape index (κ2) is 8.12. The maximum Gasteiger partial charge on any atom is 0.00885 e. The Hall–Kier alpha value is -0.880. The molecular formula is C10H14. The maximum absolute atomic E-state index is 5.09. The largest absolute Gasteiger partial charge is 0.120 e. The summed E-state index contributed by atoms with van der Waals surface area (Å²) in [5, 5.41) is 0. The van der Waals surface area contributed by atoms with Crippen molar-refractivity contribution in [2.75, 3.05) is 0 Å². The highest BCUT2D eigenvalue weighted by Crippen LogP contribution is 2.00. The molecule has 0 atom stereocenters. The van der Waals surface area contributed by atoms with E-state index in [0.29, 0.717) is 0 Å². The molecule has 0 saturated heterocycles. The molecule has 0 aromatic rings. The van der Waals surface area contributed by atoms with Crippen LogP contribution in [0.2, 0.25) is 0 Å². The Labute approximate surface area is 64.0 Å². The molecule has 0 spiro atoms. The van der Waals surface area contributed by atoms with Gasteiger partial charge in [0.05, 0.1) is 0 Å². The zero-order valence-electron chi connectivity index (χ0n) is 6.61. The molecule has 0 aliphatic rings. The molecule has 0 heteroatoms. The Kier molecular flexibility index (Phi) is 7.41. The summed E-state index contributed by atoms with van der Waals surface area (Å²) in [5.41, 5.74) is 0. The molecule has 0 aromatic carbocycles. The Balaban J connectivity index is 2.90. The molecule has 0 rings (SSSR count). The van der Waals surface area contributed by atoms with Gasteiger partial charge in [-0.15, -0.1) is 24.2 Å². The van der Waals surface area contributed by atoms with Crippen molar-refractivity contribution in [3.05, 3.63) is 0 Å². The molecule has 0 heterocycles. The molecule has 0 unspecified atom stereocenters. The van der Waals surface area contributed by atoms with Crippen molar-refractivity contribution < 1.29 is 0 Å². The summed E-state index contributed by atoms with van der Waals surface area (Å²) >= 11 is 0. The summed E-state index contributed by atoms with van der Waals surface area (Å²) in [5.74, 6) is 8.51. The lowest BCUT2D eigenvalue weighted by molar-refractivity contribution is 0.709. The van der Waals surface area contributed by atoms with Gasteiger partial charge >= 0.3 is 0 Å². The van der Waals surface area contributed by atoms with Gasteiger partial charge < -0.3 is 0 Å². The molecule has 0 saturated carbocycles. The Bertz CT molecular complexity index is 149. The molecule has 0 aliphatic heterocycles. The third-order valence-electron chi connectivity index (χ3n) is 1.30. The fourth-order valence-corrected chi connectivity index (χ4v) is 0.742. The lowest BCUT2D eigenvalue weighted by atomic mass is 10.1. The van der Waals surface area contributed by atoms with Crippen LogP contribution in [-0.2, 0) is 0 Å². The lowest BCUT2D eigenvalue weighted by Crippen LogP contribution is -1.74. The van der Waals surface area contributed by atoms with Crippen LogP contribution in [0.3, 0.4) is 0 Å². The minimum absolute atomic E-state index is 0.916. The minimum Gasteiger partial charge on any atom is -0.120 e. The third kappa shape index (κ3) is 7.12. The highest BCUT2D eigenvalue weighted by molar-refractivity contribution is 4.94. The van der Waals surface area contributed by atoms with E-state index in [9.17, 15) is 0 Å². The van der Waals surface area contributed by atoms with Crippen molar-refractivity contribution in [1.82, 2.24) is 0 Å². The van der Waals surface area contributed by atoms with Crippen molar-refractivity contribution in [1.29, 1.82) is 0 Å². The predicted octanol–water partition coefficient (Wildman–Crippen LogP) is 2.59. The van der Waals surface area contributed by atoms with E-state index >= 15 is 0 Å². The van der Waals surface area contributed by atoms with Crippen LogP contribution in [0, 0.1) is 24.2 Å². The topological polar surface area (TPSA) is 0 Å². The van der Waals surface area contributed by atoms with Crippen molar-refractivity contribution >= 4 is 0 Å². The molecule has 0 aliphatic carbocycles. The van der Waals surface area contributed by atoms with E-state index in [2.05, 4.69) is 17.8 Å². The molecular weight excluding hydrogens is 120 g/mol. The van der Waals surface area contributed by atoms with Gasteiger partial charge in [0.1, 0.15) is 0 Å². The molecule has 0 amide bonds. The summed E-state index contributed by atoms with van der Waals surface area (Å²) in [6, 6.07) is 0. The van der Waals surface area contributed by atoms with Gasteiger partial charge in [0.15, 0.2) is 0 Å². The maximum atomic E-state index is 5.09. The first kappa shape index (κ1) is 9.12. The van der Waals surface area contributed by atoms with Gasteiger partial charge in [-0.3, -0.25) is 0 Å². The van der Waals surface area contributed by atoms with Crippen LogP contribution >= 0.6 is 0 Å². The van der Waals surface area contributed by atoms with Crippen molar-refractivity contribution in [3.8, 4) is 24.2 Å². The van der Waals surface area contributed by atoms with Crippen LogP contribution < -0.4 is 0 Å². The first-order valence-corrected chi connectivity index (χ1v) is 3.75. The SMILES string of the molecule is C#CCCCCCC#CC. The van der Waals surface area contributed by atoms with Crippen LogP contribution in [0.5, 0.6) is 0 Å².